The van der Waals surface area contributed by atoms with Gasteiger partial charge >= 0.3 is 5.97 Å². The van der Waals surface area contributed by atoms with E-state index in [4.69, 9.17) is 18.9 Å². The average molecular weight is 477 g/mol. The van der Waals surface area contributed by atoms with Crippen LogP contribution in [0.4, 0.5) is 0 Å². The highest BCUT2D eigenvalue weighted by molar-refractivity contribution is 5.82. The number of epoxide rings is 1. The van der Waals surface area contributed by atoms with Crippen molar-refractivity contribution in [1.29, 1.82) is 0 Å². The van der Waals surface area contributed by atoms with E-state index in [1.807, 2.05) is 12.2 Å². The molecule has 3 heterocycles. The first kappa shape index (κ1) is 26.8. The van der Waals surface area contributed by atoms with Crippen LogP contribution < -0.4 is 0 Å². The van der Waals surface area contributed by atoms with E-state index in [1.165, 1.54) is 11.6 Å². The Hall–Kier alpha value is -1.77. The van der Waals surface area contributed by atoms with E-state index in [0.717, 1.165) is 24.8 Å². The third-order valence-electron chi connectivity index (χ3n) is 6.35. The third kappa shape index (κ3) is 9.12. The molecule has 3 rings (SSSR count). The van der Waals surface area contributed by atoms with Crippen LogP contribution in [0.3, 0.4) is 0 Å². The molecule has 7 nitrogen and oxygen atoms in total. The first-order valence-corrected chi connectivity index (χ1v) is 12.4. The molecular weight excluding hydrogens is 436 g/mol. The molecule has 0 aliphatic carbocycles. The van der Waals surface area contributed by atoms with Crippen LogP contribution in [0.25, 0.3) is 0 Å². The van der Waals surface area contributed by atoms with Crippen molar-refractivity contribution in [2.24, 2.45) is 5.92 Å². The molecule has 0 saturated carbocycles. The van der Waals surface area contributed by atoms with Crippen LogP contribution in [0.15, 0.2) is 48.1 Å². The summed E-state index contributed by atoms with van der Waals surface area (Å²) in [6.07, 6.45) is 9.23. The molecule has 0 aromatic rings. The highest BCUT2D eigenvalue weighted by Crippen LogP contribution is 2.34. The van der Waals surface area contributed by atoms with Gasteiger partial charge in [-0.3, -0.25) is 0 Å². The Morgan fingerprint density at radius 2 is 2.09 bits per heavy atom. The molecule has 0 radical (unpaired) electrons. The molecule has 0 unspecified atom stereocenters. The molecule has 2 N–H and O–H groups in total. The zero-order valence-corrected chi connectivity index (χ0v) is 20.4. The molecule has 34 heavy (non-hydrogen) atoms. The topological polar surface area (TPSA) is 97.8 Å². The molecule has 1 fully saturated rings. The molecule has 0 aromatic heterocycles. The number of ether oxygens (including phenoxy) is 4. The van der Waals surface area contributed by atoms with Crippen LogP contribution in [-0.4, -0.2) is 72.6 Å². The van der Waals surface area contributed by atoms with E-state index in [0.29, 0.717) is 45.0 Å². The summed E-state index contributed by atoms with van der Waals surface area (Å²) in [6, 6.07) is 0. The lowest BCUT2D eigenvalue weighted by Gasteiger charge is -2.22. The van der Waals surface area contributed by atoms with Crippen molar-refractivity contribution in [3.05, 3.63) is 48.1 Å². The minimum absolute atomic E-state index is 0.114. The van der Waals surface area contributed by atoms with Gasteiger partial charge in [0.2, 0.25) is 0 Å². The van der Waals surface area contributed by atoms with Crippen molar-refractivity contribution in [2.75, 3.05) is 19.8 Å². The smallest absolute Gasteiger partial charge is 0.330 e. The van der Waals surface area contributed by atoms with Crippen molar-refractivity contribution < 1.29 is 34.0 Å². The number of aliphatic hydroxyl groups is 2. The summed E-state index contributed by atoms with van der Waals surface area (Å²) in [5.41, 5.74) is 2.21. The van der Waals surface area contributed by atoms with Crippen molar-refractivity contribution in [3.8, 4) is 0 Å². The zero-order valence-electron chi connectivity index (χ0n) is 20.4. The zero-order chi connectivity index (χ0) is 24.5. The van der Waals surface area contributed by atoms with Crippen molar-refractivity contribution in [3.63, 3.8) is 0 Å². The predicted molar refractivity (Wildman–Crippen MR) is 129 cm³/mol. The fourth-order valence-corrected chi connectivity index (χ4v) is 4.43. The van der Waals surface area contributed by atoms with E-state index in [-0.39, 0.29) is 18.3 Å². The molecule has 3 aliphatic heterocycles. The summed E-state index contributed by atoms with van der Waals surface area (Å²) < 4.78 is 22.7. The summed E-state index contributed by atoms with van der Waals surface area (Å²) in [7, 11) is 0. The largest absolute Gasteiger partial charge is 0.456 e. The Labute approximate surface area is 203 Å². The van der Waals surface area contributed by atoms with Gasteiger partial charge in [0.25, 0.3) is 0 Å². The van der Waals surface area contributed by atoms with Crippen LogP contribution in [0, 0.1) is 5.92 Å². The van der Waals surface area contributed by atoms with Gasteiger partial charge in [-0.15, -0.1) is 0 Å². The van der Waals surface area contributed by atoms with E-state index < -0.39 is 24.3 Å². The Morgan fingerprint density at radius 1 is 1.26 bits per heavy atom. The van der Waals surface area contributed by atoms with Gasteiger partial charge in [0.15, 0.2) is 0 Å². The molecule has 7 heteroatoms. The normalized spacial score (nSPS) is 36.5. The number of carbonyl (C=O) groups is 1. The summed E-state index contributed by atoms with van der Waals surface area (Å²) in [5, 5.41) is 21.4. The van der Waals surface area contributed by atoms with Crippen LogP contribution >= 0.6 is 0 Å². The number of esters is 1. The maximum atomic E-state index is 12.4. The Kier molecular flexibility index (Phi) is 10.5. The van der Waals surface area contributed by atoms with E-state index in [9.17, 15) is 15.0 Å². The molecule has 0 aromatic carbocycles. The Morgan fingerprint density at radius 3 is 2.88 bits per heavy atom. The lowest BCUT2D eigenvalue weighted by Crippen LogP contribution is -2.32. The number of allylic oxidation sites excluding steroid dienone is 1. The SMILES string of the molecule is C=C1C[C@H](C)COCCC/C=C\C(=O)O[C@H]([C@@H](O)/C=C/[C@@H]2CC(C)=CCO2)C[C@H]2O[C@H]2[C@@H](O)C1. The number of aliphatic hydroxyl groups excluding tert-OH is 2. The second-order valence-electron chi connectivity index (χ2n) is 9.80. The molecule has 7 atom stereocenters. The number of fused-ring (bicyclic) bond motifs is 1. The maximum absolute atomic E-state index is 12.4. The lowest BCUT2D eigenvalue weighted by molar-refractivity contribution is -0.148. The average Bonchev–Trinajstić information content (AvgIpc) is 3.55. The standard InChI is InChI=1S/C27H40O7/c1-18-10-12-32-21(14-18)8-9-22(28)24-16-25-27(34-25)23(29)15-19(2)13-20(3)17-31-11-6-4-5-7-26(30)33-24/h5,7-10,20-25,27-29H,2,4,6,11-17H2,1,3H3/b7-5-,9-8+/t20-,21+,22-,23-,24-,25+,27-/m0/s1. The van der Waals surface area contributed by atoms with Gasteiger partial charge in [-0.05, 0) is 44.9 Å². The molecule has 0 spiro atoms. The van der Waals surface area contributed by atoms with Crippen LogP contribution in [0.2, 0.25) is 0 Å². The number of hydrogen-bond acceptors (Lipinski definition) is 7. The quantitative estimate of drug-likeness (QED) is 0.366. The molecule has 3 aliphatic rings. The van der Waals surface area contributed by atoms with E-state index in [2.05, 4.69) is 20.4 Å². The number of cyclic esters (lactones) is 1. The first-order valence-electron chi connectivity index (χ1n) is 12.4. The van der Waals surface area contributed by atoms with Gasteiger partial charge in [-0.25, -0.2) is 4.79 Å². The van der Waals surface area contributed by atoms with Crippen molar-refractivity contribution in [1.82, 2.24) is 0 Å². The highest BCUT2D eigenvalue weighted by atomic mass is 16.6. The molecule has 1 saturated heterocycles. The predicted octanol–water partition coefficient (Wildman–Crippen LogP) is 3.41. The first-order chi connectivity index (χ1) is 16.3. The molecule has 0 amide bonds. The lowest BCUT2D eigenvalue weighted by atomic mass is 9.95. The number of rotatable bonds is 3. The molecule has 0 bridgehead atoms. The Bertz CT molecular complexity index is 771. The minimum atomic E-state index is -1.01. The highest BCUT2D eigenvalue weighted by Gasteiger charge is 2.46. The van der Waals surface area contributed by atoms with Gasteiger partial charge in [-0.2, -0.15) is 0 Å². The monoisotopic (exact) mass is 476 g/mol. The summed E-state index contributed by atoms with van der Waals surface area (Å²) >= 11 is 0. The van der Waals surface area contributed by atoms with E-state index in [1.54, 1.807) is 12.2 Å². The molecular formula is C27H40O7. The minimum Gasteiger partial charge on any atom is -0.456 e. The van der Waals surface area contributed by atoms with Crippen LogP contribution in [0.5, 0.6) is 0 Å². The van der Waals surface area contributed by atoms with Crippen molar-refractivity contribution >= 4 is 5.97 Å². The third-order valence-corrected chi connectivity index (χ3v) is 6.35. The fourth-order valence-electron chi connectivity index (χ4n) is 4.43. The van der Waals surface area contributed by atoms with Gasteiger partial charge in [0, 0.05) is 25.7 Å². The van der Waals surface area contributed by atoms with Crippen molar-refractivity contribution in [2.45, 2.75) is 89.0 Å². The van der Waals surface area contributed by atoms with E-state index >= 15 is 0 Å². The molecule has 190 valence electrons. The van der Waals surface area contributed by atoms with Gasteiger partial charge < -0.3 is 29.2 Å². The van der Waals surface area contributed by atoms with Crippen LogP contribution in [-0.2, 0) is 23.7 Å². The Balaban J connectivity index is 1.64. The van der Waals surface area contributed by atoms with Crippen LogP contribution in [0.1, 0.15) is 52.4 Å². The summed E-state index contributed by atoms with van der Waals surface area (Å²) in [5.74, 6) is -0.189. The second kappa shape index (κ2) is 13.4. The fraction of sp³-hybridized carbons (Fsp3) is 0.667. The maximum Gasteiger partial charge on any atom is 0.330 e. The second-order valence-corrected chi connectivity index (χ2v) is 9.80. The van der Waals surface area contributed by atoms with Gasteiger partial charge in [-0.1, -0.05) is 49.0 Å². The van der Waals surface area contributed by atoms with Gasteiger partial charge in [0.1, 0.15) is 18.3 Å². The van der Waals surface area contributed by atoms with Gasteiger partial charge in [0.05, 0.1) is 24.9 Å². The summed E-state index contributed by atoms with van der Waals surface area (Å²) in [6.45, 7) is 10.1. The summed E-state index contributed by atoms with van der Waals surface area (Å²) in [4.78, 5) is 12.4. The number of carbonyl (C=O) groups excluding carboxylic acids is 1. The number of hydrogen-bond donors (Lipinski definition) is 2.